The maximum absolute atomic E-state index is 11.4. The van der Waals surface area contributed by atoms with Gasteiger partial charge in [-0.25, -0.2) is 0 Å². The van der Waals surface area contributed by atoms with E-state index in [4.69, 9.17) is 0 Å². The van der Waals surface area contributed by atoms with Gasteiger partial charge < -0.3 is 4.90 Å². The average molecular weight is 189 g/mol. The summed E-state index contributed by atoms with van der Waals surface area (Å²) in [7, 11) is 0. The van der Waals surface area contributed by atoms with E-state index in [1.807, 2.05) is 0 Å². The van der Waals surface area contributed by atoms with Crippen molar-refractivity contribution in [1.29, 1.82) is 0 Å². The molecule has 1 fully saturated rings. The van der Waals surface area contributed by atoms with E-state index in [9.17, 15) is 9.59 Å². The Morgan fingerprint density at radius 3 is 3.00 bits per heavy atom. The van der Waals surface area contributed by atoms with Gasteiger partial charge in [0.15, 0.2) is 0 Å². The second-order valence-corrected chi connectivity index (χ2v) is 3.11. The predicted molar refractivity (Wildman–Crippen MR) is 50.9 cm³/mol. The fourth-order valence-corrected chi connectivity index (χ4v) is 1.52. The van der Waals surface area contributed by atoms with Crippen LogP contribution in [0.5, 0.6) is 0 Å². The number of aromatic nitrogens is 1. The molecule has 14 heavy (non-hydrogen) atoms. The summed E-state index contributed by atoms with van der Waals surface area (Å²) in [6.07, 6.45) is 5.14. The first-order valence-electron chi connectivity index (χ1n) is 4.46. The Morgan fingerprint density at radius 2 is 2.29 bits per heavy atom. The Hall–Kier alpha value is -1.71. The predicted octanol–water partition coefficient (Wildman–Crippen LogP) is 0.369. The van der Waals surface area contributed by atoms with Crippen molar-refractivity contribution >= 4 is 11.6 Å². The van der Waals surface area contributed by atoms with Crippen LogP contribution in [0.4, 0.5) is 5.69 Å². The van der Waals surface area contributed by atoms with Crippen molar-refractivity contribution in [2.75, 3.05) is 11.4 Å². The third kappa shape index (κ3) is 1.51. The molecule has 71 valence electrons. The minimum Gasteiger partial charge on any atom is -0.309 e. The molecule has 1 saturated heterocycles. The highest BCUT2D eigenvalue weighted by atomic mass is 16.2. The highest BCUT2D eigenvalue weighted by Crippen LogP contribution is 2.16. The lowest BCUT2D eigenvalue weighted by atomic mass is 10.4. The van der Waals surface area contributed by atoms with Gasteiger partial charge in [-0.3, -0.25) is 14.6 Å². The summed E-state index contributed by atoms with van der Waals surface area (Å²) in [6.45, 7) is 0.617. The van der Waals surface area contributed by atoms with E-state index in [2.05, 4.69) is 11.2 Å². The molecule has 4 heteroatoms. The largest absolute Gasteiger partial charge is 0.309 e. The molecule has 1 aromatic rings. The summed E-state index contributed by atoms with van der Waals surface area (Å²) in [4.78, 5) is 28.0. The molecule has 1 amide bonds. The Morgan fingerprint density at radius 1 is 1.43 bits per heavy atom. The number of anilines is 1. The molecule has 2 heterocycles. The van der Waals surface area contributed by atoms with Gasteiger partial charge in [-0.05, 0) is 18.6 Å². The van der Waals surface area contributed by atoms with Gasteiger partial charge in [0, 0.05) is 19.2 Å². The Labute approximate surface area is 81.2 Å². The van der Waals surface area contributed by atoms with Crippen molar-refractivity contribution in [1.82, 2.24) is 4.98 Å². The Bertz CT molecular complexity index is 417. The van der Waals surface area contributed by atoms with Crippen LogP contribution in [0.2, 0.25) is 0 Å². The summed E-state index contributed by atoms with van der Waals surface area (Å²) in [5.41, 5.74) is 0.0512. The van der Waals surface area contributed by atoms with Gasteiger partial charge in [0.1, 0.15) is 6.20 Å². The SMILES string of the molecule is O=C1CCCN1c1cccn[c]c1=O. The van der Waals surface area contributed by atoms with Crippen molar-refractivity contribution in [3.05, 3.63) is 34.7 Å². The minimum atomic E-state index is -0.328. The van der Waals surface area contributed by atoms with Crippen molar-refractivity contribution < 1.29 is 4.79 Å². The highest BCUT2D eigenvalue weighted by Gasteiger charge is 2.22. The van der Waals surface area contributed by atoms with Crippen molar-refractivity contribution in [3.8, 4) is 0 Å². The summed E-state index contributed by atoms with van der Waals surface area (Å²) in [5, 5.41) is 0. The number of nitrogens with zero attached hydrogens (tertiary/aromatic N) is 2. The highest BCUT2D eigenvalue weighted by molar-refractivity contribution is 5.95. The molecule has 1 aliphatic rings. The van der Waals surface area contributed by atoms with Crippen LogP contribution in [0, 0.1) is 6.20 Å². The third-order valence-electron chi connectivity index (χ3n) is 2.18. The molecular formula is C10H9N2O2. The first-order chi connectivity index (χ1) is 6.79. The molecule has 0 aliphatic carbocycles. The first-order valence-corrected chi connectivity index (χ1v) is 4.46. The molecule has 0 saturated carbocycles. The van der Waals surface area contributed by atoms with E-state index >= 15 is 0 Å². The zero-order valence-corrected chi connectivity index (χ0v) is 7.56. The number of carbonyl (C=O) groups excluding carboxylic acids is 1. The smallest absolute Gasteiger partial charge is 0.230 e. The van der Waals surface area contributed by atoms with Gasteiger partial charge in [0.05, 0.1) is 5.69 Å². The summed E-state index contributed by atoms with van der Waals surface area (Å²) >= 11 is 0. The molecule has 0 bridgehead atoms. The normalized spacial score (nSPS) is 16.0. The summed E-state index contributed by atoms with van der Waals surface area (Å²) < 4.78 is 0. The van der Waals surface area contributed by atoms with E-state index in [1.165, 1.54) is 11.1 Å². The fourth-order valence-electron chi connectivity index (χ4n) is 1.52. The number of amides is 1. The number of rotatable bonds is 1. The molecule has 1 aromatic heterocycles. The fraction of sp³-hybridized carbons (Fsp3) is 0.300. The van der Waals surface area contributed by atoms with E-state index in [0.717, 1.165) is 6.42 Å². The van der Waals surface area contributed by atoms with Gasteiger partial charge in [0.2, 0.25) is 11.3 Å². The maximum Gasteiger partial charge on any atom is 0.230 e. The van der Waals surface area contributed by atoms with Crippen molar-refractivity contribution in [3.63, 3.8) is 0 Å². The molecule has 0 atom stereocenters. The quantitative estimate of drug-likeness (QED) is 0.641. The van der Waals surface area contributed by atoms with Crippen LogP contribution in [0.25, 0.3) is 0 Å². The molecule has 0 N–H and O–H groups in total. The maximum atomic E-state index is 11.4. The van der Waals surface area contributed by atoms with Crippen LogP contribution < -0.4 is 10.3 Å². The molecule has 4 nitrogen and oxygen atoms in total. The lowest BCUT2D eigenvalue weighted by molar-refractivity contribution is -0.117. The lowest BCUT2D eigenvalue weighted by Crippen LogP contribution is -2.28. The van der Waals surface area contributed by atoms with Gasteiger partial charge in [-0.1, -0.05) is 0 Å². The molecule has 0 aromatic carbocycles. The van der Waals surface area contributed by atoms with Gasteiger partial charge in [0.25, 0.3) is 0 Å². The molecule has 0 unspecified atom stereocenters. The van der Waals surface area contributed by atoms with Gasteiger partial charge >= 0.3 is 0 Å². The minimum absolute atomic E-state index is 0.00157. The van der Waals surface area contributed by atoms with Crippen molar-refractivity contribution in [2.24, 2.45) is 0 Å². The Kier molecular flexibility index (Phi) is 2.26. The topological polar surface area (TPSA) is 50.3 Å². The summed E-state index contributed by atoms with van der Waals surface area (Å²) in [6, 6.07) is 3.24. The first kappa shape index (κ1) is 8.87. The van der Waals surface area contributed by atoms with Gasteiger partial charge in [-0.2, -0.15) is 0 Å². The number of hydrogen-bond donors (Lipinski definition) is 0. The lowest BCUT2D eigenvalue weighted by Gasteiger charge is -2.12. The molecular weight excluding hydrogens is 180 g/mol. The van der Waals surface area contributed by atoms with Crippen LogP contribution in [-0.4, -0.2) is 17.4 Å². The monoisotopic (exact) mass is 189 g/mol. The zero-order chi connectivity index (χ0) is 9.97. The molecule has 1 radical (unpaired) electrons. The zero-order valence-electron chi connectivity index (χ0n) is 7.56. The van der Waals surface area contributed by atoms with Crippen LogP contribution in [0.1, 0.15) is 12.8 Å². The van der Waals surface area contributed by atoms with Crippen molar-refractivity contribution in [2.45, 2.75) is 12.8 Å². The van der Waals surface area contributed by atoms with Crippen LogP contribution in [0.3, 0.4) is 0 Å². The number of carbonyl (C=O) groups is 1. The van der Waals surface area contributed by atoms with E-state index in [-0.39, 0.29) is 11.3 Å². The van der Waals surface area contributed by atoms with Crippen LogP contribution in [0.15, 0.2) is 23.1 Å². The molecule has 1 aliphatic heterocycles. The average Bonchev–Trinajstić information content (AvgIpc) is 2.46. The van der Waals surface area contributed by atoms with Crippen LogP contribution >= 0.6 is 0 Å². The van der Waals surface area contributed by atoms with E-state index in [0.29, 0.717) is 18.7 Å². The van der Waals surface area contributed by atoms with Crippen LogP contribution in [-0.2, 0) is 4.79 Å². The molecule has 2 rings (SSSR count). The second-order valence-electron chi connectivity index (χ2n) is 3.11. The van der Waals surface area contributed by atoms with E-state index in [1.54, 1.807) is 12.1 Å². The molecule has 0 spiro atoms. The summed E-state index contributed by atoms with van der Waals surface area (Å²) in [5.74, 6) is 0.00157. The van der Waals surface area contributed by atoms with Gasteiger partial charge in [-0.15, -0.1) is 0 Å². The standard InChI is InChI=1S/C10H9N2O2/c13-9-7-11-5-1-3-8(9)12-6-2-4-10(12)14/h1,3,5H,2,4,6H2. The van der Waals surface area contributed by atoms with E-state index < -0.39 is 0 Å². The third-order valence-corrected chi connectivity index (χ3v) is 2.18. The number of hydrogen-bond acceptors (Lipinski definition) is 3. The second kappa shape index (κ2) is 3.57. The Balaban J connectivity index is 2.47.